The molecule has 146 valence electrons. The first kappa shape index (κ1) is 19.3. The number of aryl methyl sites for hydroxylation is 2. The lowest BCUT2D eigenvalue weighted by atomic mass is 10.1. The van der Waals surface area contributed by atoms with Crippen LogP contribution in [0.1, 0.15) is 29.4 Å². The molecule has 0 bridgehead atoms. The Kier molecular flexibility index (Phi) is 5.63. The zero-order valence-electron chi connectivity index (χ0n) is 16.1. The molecule has 0 atom stereocenters. The van der Waals surface area contributed by atoms with Gasteiger partial charge in [0.15, 0.2) is 5.75 Å². The van der Waals surface area contributed by atoms with Crippen molar-refractivity contribution in [3.8, 4) is 11.5 Å². The van der Waals surface area contributed by atoms with Crippen molar-refractivity contribution in [3.05, 3.63) is 75.0 Å². The molecule has 2 aromatic carbocycles. The van der Waals surface area contributed by atoms with Crippen molar-refractivity contribution in [2.45, 2.75) is 39.9 Å². The first-order chi connectivity index (χ1) is 13.5. The minimum absolute atomic E-state index is 0.558. The van der Waals surface area contributed by atoms with E-state index in [2.05, 4.69) is 47.7 Å². The molecule has 0 fully saturated rings. The number of ether oxygens (including phenoxy) is 1. The zero-order chi connectivity index (χ0) is 19.7. The van der Waals surface area contributed by atoms with Crippen molar-refractivity contribution < 1.29 is 4.74 Å². The molecule has 0 N–H and O–H groups in total. The Hall–Kier alpha value is -2.01. The first-order valence-corrected chi connectivity index (χ1v) is 10.3. The van der Waals surface area contributed by atoms with Crippen molar-refractivity contribution in [3.63, 3.8) is 0 Å². The van der Waals surface area contributed by atoms with E-state index in [1.807, 2.05) is 0 Å². The monoisotopic (exact) mass is 415 g/mol. The third-order valence-corrected chi connectivity index (χ3v) is 5.43. The topological polar surface area (TPSA) is 30.3 Å². The lowest BCUT2D eigenvalue weighted by Crippen LogP contribution is -2.33. The molecule has 28 heavy (non-hydrogen) atoms. The average molecular weight is 416 g/mol. The molecule has 0 unspecified atom stereocenters. The summed E-state index contributed by atoms with van der Waals surface area (Å²) >= 11 is 12.3. The predicted molar refractivity (Wildman–Crippen MR) is 113 cm³/mol. The molecule has 6 heteroatoms. The van der Waals surface area contributed by atoms with Crippen LogP contribution in [0.25, 0.3) is 0 Å². The van der Waals surface area contributed by atoms with Gasteiger partial charge in [0.2, 0.25) is 0 Å². The van der Waals surface area contributed by atoms with Gasteiger partial charge in [-0.2, -0.15) is 5.10 Å². The maximum atomic E-state index is 6.24. The van der Waals surface area contributed by atoms with Crippen LogP contribution in [0.15, 0.2) is 42.5 Å². The highest BCUT2D eigenvalue weighted by atomic mass is 35.5. The van der Waals surface area contributed by atoms with E-state index in [4.69, 9.17) is 33.0 Å². The summed E-state index contributed by atoms with van der Waals surface area (Å²) in [5.74, 6) is 1.47. The van der Waals surface area contributed by atoms with Crippen LogP contribution in [0.3, 0.4) is 0 Å². The van der Waals surface area contributed by atoms with E-state index in [1.54, 1.807) is 18.2 Å². The van der Waals surface area contributed by atoms with Gasteiger partial charge in [0, 0.05) is 29.7 Å². The quantitative estimate of drug-likeness (QED) is 0.521. The summed E-state index contributed by atoms with van der Waals surface area (Å²) in [5.41, 5.74) is 4.66. The Bertz CT molecular complexity index is 962. The lowest BCUT2D eigenvalue weighted by molar-refractivity contribution is 0.202. The Morgan fingerprint density at radius 3 is 2.43 bits per heavy atom. The fraction of sp³-hybridized carbons (Fsp3) is 0.318. The van der Waals surface area contributed by atoms with Gasteiger partial charge in [-0.3, -0.25) is 9.58 Å². The molecule has 0 saturated carbocycles. The van der Waals surface area contributed by atoms with Crippen LogP contribution < -0.4 is 4.74 Å². The molecule has 0 amide bonds. The molecular weight excluding hydrogens is 393 g/mol. The molecule has 1 aliphatic rings. The fourth-order valence-electron chi connectivity index (χ4n) is 3.54. The molecule has 0 saturated heterocycles. The molecule has 0 radical (unpaired) electrons. The van der Waals surface area contributed by atoms with E-state index in [0.29, 0.717) is 15.8 Å². The number of fused-ring (bicyclic) bond motifs is 1. The van der Waals surface area contributed by atoms with E-state index >= 15 is 0 Å². The highest BCUT2D eigenvalue weighted by Gasteiger charge is 2.25. The third kappa shape index (κ3) is 4.19. The van der Waals surface area contributed by atoms with Gasteiger partial charge in [0.25, 0.3) is 0 Å². The van der Waals surface area contributed by atoms with Gasteiger partial charge >= 0.3 is 0 Å². The average Bonchev–Trinajstić information content (AvgIpc) is 3.00. The number of halogens is 2. The van der Waals surface area contributed by atoms with Crippen LogP contribution in [-0.4, -0.2) is 21.2 Å². The number of aromatic nitrogens is 2. The van der Waals surface area contributed by atoms with E-state index < -0.39 is 0 Å². The predicted octanol–water partition coefficient (Wildman–Crippen LogP) is 5.87. The minimum Gasteiger partial charge on any atom is -0.453 e. The molecule has 4 nitrogen and oxygen atoms in total. The van der Waals surface area contributed by atoms with Gasteiger partial charge in [0.05, 0.1) is 12.2 Å². The van der Waals surface area contributed by atoms with Gasteiger partial charge in [-0.15, -0.1) is 0 Å². The van der Waals surface area contributed by atoms with E-state index in [-0.39, 0.29) is 0 Å². The Balaban J connectivity index is 1.59. The molecule has 1 aromatic heterocycles. The smallest absolute Gasteiger partial charge is 0.173 e. The van der Waals surface area contributed by atoms with Crippen LogP contribution in [-0.2, 0) is 26.1 Å². The summed E-state index contributed by atoms with van der Waals surface area (Å²) in [6.07, 6.45) is 0.807. The second-order valence-electron chi connectivity index (χ2n) is 7.20. The number of hydrogen-bond acceptors (Lipinski definition) is 3. The van der Waals surface area contributed by atoms with Gasteiger partial charge in [0.1, 0.15) is 11.4 Å². The SMILES string of the molecule is CCc1nn2c(c1Oc1cc(Cl)cc(Cl)c1)CN(Cc1ccc(C)cc1)CC2. The summed E-state index contributed by atoms with van der Waals surface area (Å²) in [6, 6.07) is 14.0. The molecule has 2 heterocycles. The molecular formula is C22H23Cl2N3O. The Morgan fingerprint density at radius 1 is 1.04 bits per heavy atom. The lowest BCUT2D eigenvalue weighted by Gasteiger charge is -2.28. The van der Waals surface area contributed by atoms with E-state index in [1.165, 1.54) is 11.1 Å². The molecule has 1 aliphatic heterocycles. The van der Waals surface area contributed by atoms with E-state index in [0.717, 1.165) is 49.7 Å². The molecule has 0 spiro atoms. The van der Waals surface area contributed by atoms with Crippen molar-refractivity contribution >= 4 is 23.2 Å². The highest BCUT2D eigenvalue weighted by Crippen LogP contribution is 2.35. The third-order valence-electron chi connectivity index (χ3n) is 5.00. The van der Waals surface area contributed by atoms with Crippen LogP contribution in [0.2, 0.25) is 10.0 Å². The molecule has 0 aliphatic carbocycles. The summed E-state index contributed by atoms with van der Waals surface area (Å²) in [4.78, 5) is 2.43. The first-order valence-electron chi connectivity index (χ1n) is 9.52. The minimum atomic E-state index is 0.558. The van der Waals surface area contributed by atoms with Crippen LogP contribution in [0, 0.1) is 6.92 Å². The standard InChI is InChI=1S/C22H23Cl2N3O/c1-3-20-22(28-19-11-17(23)10-18(24)12-19)21-14-26(8-9-27(21)25-20)13-16-6-4-15(2)5-7-16/h4-7,10-12H,3,8-9,13-14H2,1-2H3. The Labute approximate surface area is 175 Å². The summed E-state index contributed by atoms with van der Waals surface area (Å²) in [7, 11) is 0. The van der Waals surface area contributed by atoms with E-state index in [9.17, 15) is 0 Å². The number of hydrogen-bond donors (Lipinski definition) is 0. The highest BCUT2D eigenvalue weighted by molar-refractivity contribution is 6.34. The number of rotatable bonds is 5. The van der Waals surface area contributed by atoms with Gasteiger partial charge in [-0.05, 0) is 37.1 Å². The van der Waals surface area contributed by atoms with Gasteiger partial charge < -0.3 is 4.74 Å². The van der Waals surface area contributed by atoms with Crippen molar-refractivity contribution in [2.75, 3.05) is 6.54 Å². The maximum Gasteiger partial charge on any atom is 0.173 e. The fourth-order valence-corrected chi connectivity index (χ4v) is 4.05. The van der Waals surface area contributed by atoms with Crippen molar-refractivity contribution in [1.29, 1.82) is 0 Å². The van der Waals surface area contributed by atoms with Crippen LogP contribution in [0.5, 0.6) is 11.5 Å². The van der Waals surface area contributed by atoms with Crippen molar-refractivity contribution in [2.24, 2.45) is 0 Å². The molecule has 4 rings (SSSR count). The summed E-state index contributed by atoms with van der Waals surface area (Å²) < 4.78 is 8.31. The summed E-state index contributed by atoms with van der Waals surface area (Å²) in [5, 5.41) is 5.88. The van der Waals surface area contributed by atoms with Crippen LogP contribution in [0.4, 0.5) is 0 Å². The van der Waals surface area contributed by atoms with Crippen molar-refractivity contribution in [1.82, 2.24) is 14.7 Å². The zero-order valence-corrected chi connectivity index (χ0v) is 17.6. The van der Waals surface area contributed by atoms with Gasteiger partial charge in [-0.1, -0.05) is 60.0 Å². The number of benzene rings is 2. The second kappa shape index (κ2) is 8.16. The van der Waals surface area contributed by atoms with Crippen LogP contribution >= 0.6 is 23.2 Å². The Morgan fingerprint density at radius 2 is 1.75 bits per heavy atom. The normalized spacial score (nSPS) is 14.1. The molecule has 3 aromatic rings. The summed E-state index contributed by atoms with van der Waals surface area (Å²) in [6.45, 7) is 7.74. The number of nitrogens with zero attached hydrogens (tertiary/aromatic N) is 3. The van der Waals surface area contributed by atoms with Gasteiger partial charge in [-0.25, -0.2) is 0 Å². The second-order valence-corrected chi connectivity index (χ2v) is 8.08. The maximum absolute atomic E-state index is 6.24. The largest absolute Gasteiger partial charge is 0.453 e.